The summed E-state index contributed by atoms with van der Waals surface area (Å²) < 4.78 is 5.07. The molecule has 7 heteroatoms. The molecule has 0 spiro atoms. The van der Waals surface area contributed by atoms with E-state index >= 15 is 0 Å². The zero-order valence-corrected chi connectivity index (χ0v) is 20.0. The number of hydrogen-bond acceptors (Lipinski definition) is 5. The van der Waals surface area contributed by atoms with Crippen LogP contribution in [0.25, 0.3) is 0 Å². The van der Waals surface area contributed by atoms with Gasteiger partial charge < -0.3 is 15.0 Å². The van der Waals surface area contributed by atoms with Gasteiger partial charge in [-0.15, -0.1) is 0 Å². The van der Waals surface area contributed by atoms with Crippen LogP contribution < -0.4 is 5.32 Å². The molecule has 0 radical (unpaired) electrons. The van der Waals surface area contributed by atoms with E-state index in [4.69, 9.17) is 4.74 Å². The zero-order chi connectivity index (χ0) is 23.0. The summed E-state index contributed by atoms with van der Waals surface area (Å²) in [7, 11) is 3.69. The molecule has 0 aromatic heterocycles. The second-order valence-corrected chi connectivity index (χ2v) is 8.98. The lowest BCUT2D eigenvalue weighted by atomic mass is 9.96. The molecule has 1 saturated heterocycles. The Morgan fingerprint density at radius 1 is 1.17 bits per heavy atom. The summed E-state index contributed by atoms with van der Waals surface area (Å²) in [6, 6.07) is -1.09. The maximum Gasteiger partial charge on any atom is 0.333 e. The molecule has 0 bridgehead atoms. The SMILES string of the molecule is CCOC(=O)/C(C)=C/[C@H](C(C)C)N(C)C(=O)[C@@H](NC(=O)C1CCCCN1C)C(C)C. The van der Waals surface area contributed by atoms with Crippen LogP contribution in [0, 0.1) is 11.8 Å². The first kappa shape index (κ1) is 26.1. The average molecular weight is 424 g/mol. The van der Waals surface area contributed by atoms with Crippen molar-refractivity contribution in [1.82, 2.24) is 15.1 Å². The molecule has 2 amide bonds. The Balaban J connectivity index is 3.00. The van der Waals surface area contributed by atoms with Crippen molar-refractivity contribution in [3.8, 4) is 0 Å². The smallest absolute Gasteiger partial charge is 0.333 e. The minimum Gasteiger partial charge on any atom is -0.463 e. The zero-order valence-electron chi connectivity index (χ0n) is 20.0. The lowest BCUT2D eigenvalue weighted by Crippen LogP contribution is -2.57. The van der Waals surface area contributed by atoms with Gasteiger partial charge in [-0.3, -0.25) is 14.5 Å². The van der Waals surface area contributed by atoms with Gasteiger partial charge in [0.15, 0.2) is 0 Å². The quantitative estimate of drug-likeness (QED) is 0.456. The van der Waals surface area contributed by atoms with Gasteiger partial charge in [0, 0.05) is 12.6 Å². The summed E-state index contributed by atoms with van der Waals surface area (Å²) >= 11 is 0. The van der Waals surface area contributed by atoms with Crippen LogP contribution in [0.1, 0.15) is 60.8 Å². The molecule has 1 unspecified atom stereocenters. The molecule has 1 rings (SSSR count). The van der Waals surface area contributed by atoms with E-state index in [0.29, 0.717) is 12.2 Å². The van der Waals surface area contributed by atoms with Crippen molar-refractivity contribution in [3.05, 3.63) is 11.6 Å². The molecule has 3 atom stereocenters. The van der Waals surface area contributed by atoms with E-state index in [2.05, 4.69) is 10.2 Å². The number of nitrogens with one attached hydrogen (secondary N) is 1. The van der Waals surface area contributed by atoms with Crippen molar-refractivity contribution < 1.29 is 19.1 Å². The largest absolute Gasteiger partial charge is 0.463 e. The van der Waals surface area contributed by atoms with Crippen LogP contribution in [0.2, 0.25) is 0 Å². The summed E-state index contributed by atoms with van der Waals surface area (Å²) in [5.74, 6) is -0.574. The molecule has 1 aliphatic heterocycles. The number of piperidine rings is 1. The topological polar surface area (TPSA) is 79.0 Å². The van der Waals surface area contributed by atoms with Gasteiger partial charge in [-0.05, 0) is 52.1 Å². The first-order chi connectivity index (χ1) is 14.0. The summed E-state index contributed by atoms with van der Waals surface area (Å²) in [6.45, 7) is 12.5. The number of rotatable bonds is 9. The van der Waals surface area contributed by atoms with Crippen LogP contribution in [0.5, 0.6) is 0 Å². The standard InChI is InChI=1S/C23H41N3O4/c1-9-30-23(29)17(6)14-19(15(2)3)26(8)22(28)20(16(4)5)24-21(27)18-12-10-11-13-25(18)7/h14-16,18-20H,9-13H2,1-8H3,(H,24,27)/b17-14+/t18?,19-,20+/m1/s1. The summed E-state index contributed by atoms with van der Waals surface area (Å²) in [5, 5.41) is 3.00. The van der Waals surface area contributed by atoms with E-state index in [-0.39, 0.29) is 41.7 Å². The highest BCUT2D eigenvalue weighted by Crippen LogP contribution is 2.19. The van der Waals surface area contributed by atoms with Crippen molar-refractivity contribution in [2.45, 2.75) is 78.9 Å². The first-order valence-electron chi connectivity index (χ1n) is 11.1. The van der Waals surface area contributed by atoms with E-state index in [1.807, 2.05) is 34.7 Å². The molecule has 0 saturated carbocycles. The number of hydrogen-bond donors (Lipinski definition) is 1. The van der Waals surface area contributed by atoms with Gasteiger partial charge in [0.1, 0.15) is 6.04 Å². The Hall–Kier alpha value is -1.89. The van der Waals surface area contributed by atoms with Crippen molar-refractivity contribution in [3.63, 3.8) is 0 Å². The molecule has 0 aromatic carbocycles. The minimum atomic E-state index is -0.615. The Kier molecular flexibility index (Phi) is 10.5. The third-order valence-electron chi connectivity index (χ3n) is 5.80. The van der Waals surface area contributed by atoms with E-state index in [0.717, 1.165) is 25.8 Å². The molecule has 1 aliphatic rings. The van der Waals surface area contributed by atoms with E-state index < -0.39 is 6.04 Å². The Labute approximate surface area is 182 Å². The fourth-order valence-corrected chi connectivity index (χ4v) is 3.86. The first-order valence-corrected chi connectivity index (χ1v) is 11.1. The van der Waals surface area contributed by atoms with Crippen LogP contribution >= 0.6 is 0 Å². The van der Waals surface area contributed by atoms with Crippen LogP contribution in [-0.2, 0) is 19.1 Å². The second-order valence-electron chi connectivity index (χ2n) is 8.98. The van der Waals surface area contributed by atoms with E-state index in [1.165, 1.54) is 0 Å². The van der Waals surface area contributed by atoms with Gasteiger partial charge in [0.2, 0.25) is 11.8 Å². The highest BCUT2D eigenvalue weighted by molar-refractivity contribution is 5.91. The third-order valence-corrected chi connectivity index (χ3v) is 5.80. The summed E-state index contributed by atoms with van der Waals surface area (Å²) in [4.78, 5) is 42.0. The Bertz CT molecular complexity index is 630. The van der Waals surface area contributed by atoms with Crippen LogP contribution in [0.4, 0.5) is 0 Å². The summed E-state index contributed by atoms with van der Waals surface area (Å²) in [6.07, 6.45) is 4.72. The summed E-state index contributed by atoms with van der Waals surface area (Å²) in [5.41, 5.74) is 0.476. The number of carbonyl (C=O) groups excluding carboxylic acids is 3. The van der Waals surface area contributed by atoms with Crippen molar-refractivity contribution >= 4 is 17.8 Å². The highest BCUT2D eigenvalue weighted by atomic mass is 16.5. The Morgan fingerprint density at radius 2 is 1.80 bits per heavy atom. The Morgan fingerprint density at radius 3 is 2.30 bits per heavy atom. The molecule has 0 aromatic rings. The maximum atomic E-state index is 13.4. The molecule has 7 nitrogen and oxygen atoms in total. The van der Waals surface area contributed by atoms with Gasteiger partial charge in [0.05, 0.1) is 18.7 Å². The molecule has 30 heavy (non-hydrogen) atoms. The molecule has 172 valence electrons. The highest BCUT2D eigenvalue weighted by Gasteiger charge is 2.34. The van der Waals surface area contributed by atoms with Crippen molar-refractivity contribution in [1.29, 1.82) is 0 Å². The van der Waals surface area contributed by atoms with Gasteiger partial charge in [-0.25, -0.2) is 4.79 Å². The third kappa shape index (κ3) is 7.11. The number of carbonyl (C=O) groups is 3. The average Bonchev–Trinajstić information content (AvgIpc) is 2.68. The maximum absolute atomic E-state index is 13.4. The fraction of sp³-hybridized carbons (Fsp3) is 0.783. The van der Waals surface area contributed by atoms with Gasteiger partial charge in [-0.1, -0.05) is 40.2 Å². The van der Waals surface area contributed by atoms with E-state index in [1.54, 1.807) is 31.9 Å². The molecule has 1 N–H and O–H groups in total. The molecule has 1 heterocycles. The second kappa shape index (κ2) is 12.1. The number of esters is 1. The van der Waals surface area contributed by atoms with Crippen molar-refractivity contribution in [2.75, 3.05) is 27.2 Å². The van der Waals surface area contributed by atoms with Crippen molar-refractivity contribution in [2.24, 2.45) is 11.8 Å². The molecule has 0 aliphatic carbocycles. The number of likely N-dealkylation sites (tertiary alicyclic amines) is 1. The van der Waals surface area contributed by atoms with Crippen LogP contribution in [0.3, 0.4) is 0 Å². The molecular weight excluding hydrogens is 382 g/mol. The number of amides is 2. The molecule has 1 fully saturated rings. The van der Waals surface area contributed by atoms with E-state index in [9.17, 15) is 14.4 Å². The van der Waals surface area contributed by atoms with Crippen LogP contribution in [0.15, 0.2) is 11.6 Å². The predicted octanol–water partition coefficient (Wildman–Crippen LogP) is 2.60. The molecular formula is C23H41N3O4. The lowest BCUT2D eigenvalue weighted by molar-refractivity contribution is -0.140. The predicted molar refractivity (Wildman–Crippen MR) is 119 cm³/mol. The van der Waals surface area contributed by atoms with Gasteiger partial charge >= 0.3 is 5.97 Å². The van der Waals surface area contributed by atoms with Gasteiger partial charge in [0.25, 0.3) is 0 Å². The van der Waals surface area contributed by atoms with Gasteiger partial charge in [-0.2, -0.15) is 0 Å². The number of nitrogens with zero attached hydrogens (tertiary/aromatic N) is 2. The number of ether oxygens (including phenoxy) is 1. The fourth-order valence-electron chi connectivity index (χ4n) is 3.86. The normalized spacial score (nSPS) is 20.1. The monoisotopic (exact) mass is 423 g/mol. The van der Waals surface area contributed by atoms with Crippen LogP contribution in [-0.4, -0.2) is 73.0 Å². The lowest BCUT2D eigenvalue weighted by Gasteiger charge is -2.36. The minimum absolute atomic E-state index is 0.0549. The number of likely N-dealkylation sites (N-methyl/N-ethyl adjacent to an activating group) is 2.